The summed E-state index contributed by atoms with van der Waals surface area (Å²) in [6, 6.07) is 3.84. The summed E-state index contributed by atoms with van der Waals surface area (Å²) in [6.45, 7) is 6.28. The number of aliphatic carboxylic acids is 1. The van der Waals surface area contributed by atoms with E-state index in [0.29, 0.717) is 41.4 Å². The molecule has 2 atom stereocenters. The molecule has 2 saturated carbocycles. The molecule has 1 N–H and O–H groups in total. The van der Waals surface area contributed by atoms with Crippen molar-refractivity contribution < 1.29 is 24.2 Å². The Labute approximate surface area is 205 Å². The first-order valence-corrected chi connectivity index (χ1v) is 12.2. The van der Waals surface area contributed by atoms with Crippen molar-refractivity contribution in [1.29, 1.82) is 0 Å². The van der Waals surface area contributed by atoms with Gasteiger partial charge in [-0.05, 0) is 63.0 Å². The Balaban J connectivity index is 1.41. The van der Waals surface area contributed by atoms with E-state index < -0.39 is 5.97 Å². The van der Waals surface area contributed by atoms with Gasteiger partial charge in [-0.15, -0.1) is 5.10 Å². The minimum Gasteiger partial charge on any atom is -0.489 e. The van der Waals surface area contributed by atoms with Gasteiger partial charge in [0.1, 0.15) is 23.7 Å². The van der Waals surface area contributed by atoms with E-state index in [9.17, 15) is 14.7 Å². The summed E-state index contributed by atoms with van der Waals surface area (Å²) < 4.78 is 13.3. The van der Waals surface area contributed by atoms with Gasteiger partial charge in [-0.1, -0.05) is 19.1 Å². The lowest BCUT2D eigenvalue weighted by Gasteiger charge is -2.46. The molecule has 4 rings (SSSR count). The van der Waals surface area contributed by atoms with Crippen LogP contribution < -0.4 is 4.74 Å². The Morgan fingerprint density at radius 3 is 2.66 bits per heavy atom. The van der Waals surface area contributed by atoms with Gasteiger partial charge in [0, 0.05) is 20.1 Å². The van der Waals surface area contributed by atoms with E-state index in [0.717, 1.165) is 25.7 Å². The molecule has 0 aromatic carbocycles. The highest BCUT2D eigenvalue weighted by Crippen LogP contribution is 2.42. The van der Waals surface area contributed by atoms with Gasteiger partial charge in [-0.3, -0.25) is 4.79 Å². The summed E-state index contributed by atoms with van der Waals surface area (Å²) in [6.07, 6.45) is 4.29. The zero-order valence-corrected chi connectivity index (χ0v) is 21.2. The lowest BCUT2D eigenvalue weighted by Crippen LogP contribution is -2.49. The predicted octanol–water partition coefficient (Wildman–Crippen LogP) is 3.96. The van der Waals surface area contributed by atoms with E-state index >= 15 is 0 Å². The second-order valence-electron chi connectivity index (χ2n) is 10.6. The molecule has 0 radical (unpaired) electrons. The number of aryl methyl sites for hydroxylation is 2. The van der Waals surface area contributed by atoms with E-state index in [1.165, 1.54) is 0 Å². The number of rotatable bonds is 7. The predicted molar refractivity (Wildman–Crippen MR) is 128 cm³/mol. The molecular formula is C25H35N5O5. The first kappa shape index (κ1) is 24.9. The van der Waals surface area contributed by atoms with Gasteiger partial charge in [-0.2, -0.15) is 0 Å². The Morgan fingerprint density at radius 1 is 1.26 bits per heavy atom. The quantitative estimate of drug-likeness (QED) is 0.626. The normalized spacial score (nSPS) is 21.7. The smallest absolute Gasteiger partial charge is 0.410 e. The average Bonchev–Trinajstić information content (AvgIpc) is 3.17. The molecule has 2 heterocycles. The Morgan fingerprint density at radius 2 is 2.00 bits per heavy atom. The van der Waals surface area contributed by atoms with Crippen LogP contribution in [-0.4, -0.2) is 61.2 Å². The van der Waals surface area contributed by atoms with Crippen molar-refractivity contribution >= 4 is 12.1 Å². The SMILES string of the molecule is Cc1nc(-c2nnn(C)c2COC(=O)N(C)C2CC(C)(C)C2)ccc1O[C@H]1CCC[C@H](C(=O)O)C1. The fourth-order valence-electron chi connectivity index (χ4n) is 5.07. The summed E-state index contributed by atoms with van der Waals surface area (Å²) in [5.74, 6) is -0.491. The Hall–Kier alpha value is -3.17. The van der Waals surface area contributed by atoms with E-state index in [4.69, 9.17) is 9.47 Å². The summed E-state index contributed by atoms with van der Waals surface area (Å²) in [5.41, 5.74) is 2.76. The first-order valence-electron chi connectivity index (χ1n) is 12.2. The van der Waals surface area contributed by atoms with Crippen molar-refractivity contribution in [3.05, 3.63) is 23.5 Å². The maximum Gasteiger partial charge on any atom is 0.410 e. The number of aromatic nitrogens is 4. The molecule has 2 aliphatic carbocycles. The van der Waals surface area contributed by atoms with Gasteiger partial charge in [0.05, 0.1) is 23.4 Å². The Bertz CT molecular complexity index is 1090. The van der Waals surface area contributed by atoms with Crippen molar-refractivity contribution in [2.24, 2.45) is 18.4 Å². The van der Waals surface area contributed by atoms with Crippen molar-refractivity contribution in [3.8, 4) is 17.1 Å². The number of carboxylic acids is 1. The zero-order valence-electron chi connectivity index (χ0n) is 21.2. The lowest BCUT2D eigenvalue weighted by molar-refractivity contribution is -0.143. The van der Waals surface area contributed by atoms with E-state index in [1.807, 2.05) is 13.0 Å². The topological polar surface area (TPSA) is 120 Å². The van der Waals surface area contributed by atoms with Crippen LogP contribution >= 0.6 is 0 Å². The van der Waals surface area contributed by atoms with Gasteiger partial charge in [-0.25, -0.2) is 14.5 Å². The van der Waals surface area contributed by atoms with E-state index in [1.54, 1.807) is 29.7 Å². The fourth-order valence-corrected chi connectivity index (χ4v) is 5.07. The van der Waals surface area contributed by atoms with Gasteiger partial charge in [0.2, 0.25) is 0 Å². The molecule has 35 heavy (non-hydrogen) atoms. The van der Waals surface area contributed by atoms with Gasteiger partial charge in [0.25, 0.3) is 0 Å². The van der Waals surface area contributed by atoms with Crippen LogP contribution in [0.2, 0.25) is 0 Å². The molecular weight excluding hydrogens is 450 g/mol. The van der Waals surface area contributed by atoms with Gasteiger partial charge in [0.15, 0.2) is 0 Å². The van der Waals surface area contributed by atoms with Crippen LogP contribution in [0.15, 0.2) is 12.1 Å². The number of hydrogen-bond acceptors (Lipinski definition) is 7. The number of carbonyl (C=O) groups excluding carboxylic acids is 1. The summed E-state index contributed by atoms with van der Waals surface area (Å²) in [5, 5.41) is 17.7. The highest BCUT2D eigenvalue weighted by atomic mass is 16.6. The lowest BCUT2D eigenvalue weighted by atomic mass is 9.68. The fraction of sp³-hybridized carbons (Fsp3) is 0.640. The molecule has 2 aromatic heterocycles. The van der Waals surface area contributed by atoms with E-state index in [-0.39, 0.29) is 36.2 Å². The third-order valence-corrected chi connectivity index (χ3v) is 7.24. The van der Waals surface area contributed by atoms with Crippen molar-refractivity contribution in [2.75, 3.05) is 7.05 Å². The van der Waals surface area contributed by atoms with Gasteiger partial charge >= 0.3 is 12.1 Å². The van der Waals surface area contributed by atoms with Crippen molar-refractivity contribution in [3.63, 3.8) is 0 Å². The highest BCUT2D eigenvalue weighted by Gasteiger charge is 2.40. The second kappa shape index (κ2) is 9.83. The van der Waals surface area contributed by atoms with Crippen LogP contribution in [0.1, 0.15) is 63.8 Å². The van der Waals surface area contributed by atoms with Crippen LogP contribution in [0.4, 0.5) is 4.79 Å². The molecule has 10 heteroatoms. The minimum absolute atomic E-state index is 0.0374. The average molecular weight is 486 g/mol. The van der Waals surface area contributed by atoms with Crippen LogP contribution in [0.5, 0.6) is 5.75 Å². The number of nitrogens with zero attached hydrogens (tertiary/aromatic N) is 5. The molecule has 0 spiro atoms. The standard InChI is InChI=1S/C25H35N5O5/c1-15-21(35-18-8-6-7-16(11-18)23(31)32)10-9-19(26-15)22-20(30(5)28-27-22)14-34-24(33)29(4)17-12-25(2,3)13-17/h9-10,16-18H,6-8,11-14H2,1-5H3,(H,31,32)/t16-,18-/m0/s1. The molecule has 0 saturated heterocycles. The zero-order chi connectivity index (χ0) is 25.3. The number of carboxylic acid groups (broad SMARTS) is 1. The first-order chi connectivity index (χ1) is 16.5. The molecule has 190 valence electrons. The van der Waals surface area contributed by atoms with Crippen molar-refractivity contribution in [2.45, 2.75) is 78.0 Å². The number of ether oxygens (including phenoxy) is 2. The Kier molecular flexibility index (Phi) is 7.00. The molecule has 2 fully saturated rings. The molecule has 1 amide bonds. The summed E-state index contributed by atoms with van der Waals surface area (Å²) in [7, 11) is 3.53. The van der Waals surface area contributed by atoms with Crippen LogP contribution in [-0.2, 0) is 23.2 Å². The molecule has 0 unspecified atom stereocenters. The van der Waals surface area contributed by atoms with Crippen molar-refractivity contribution in [1.82, 2.24) is 24.9 Å². The second-order valence-corrected chi connectivity index (χ2v) is 10.6. The van der Waals surface area contributed by atoms with Crippen LogP contribution in [0.25, 0.3) is 11.4 Å². The maximum absolute atomic E-state index is 12.6. The summed E-state index contributed by atoms with van der Waals surface area (Å²) >= 11 is 0. The van der Waals surface area contributed by atoms with Gasteiger partial charge < -0.3 is 19.5 Å². The number of amides is 1. The molecule has 2 aliphatic rings. The number of hydrogen-bond donors (Lipinski definition) is 1. The number of pyridine rings is 1. The highest BCUT2D eigenvalue weighted by molar-refractivity contribution is 5.70. The third kappa shape index (κ3) is 5.57. The molecule has 0 aliphatic heterocycles. The minimum atomic E-state index is -0.762. The molecule has 0 bridgehead atoms. The largest absolute Gasteiger partial charge is 0.489 e. The van der Waals surface area contributed by atoms with E-state index in [2.05, 4.69) is 29.1 Å². The summed E-state index contributed by atoms with van der Waals surface area (Å²) in [4.78, 5) is 30.3. The third-order valence-electron chi connectivity index (χ3n) is 7.24. The number of carbonyl (C=O) groups is 2. The molecule has 10 nitrogen and oxygen atoms in total. The van der Waals surface area contributed by atoms with Crippen LogP contribution in [0, 0.1) is 18.3 Å². The monoisotopic (exact) mass is 485 g/mol. The molecule has 2 aromatic rings. The maximum atomic E-state index is 12.6. The van der Waals surface area contributed by atoms with Crippen LogP contribution in [0.3, 0.4) is 0 Å².